The Morgan fingerprint density at radius 3 is 3.04 bits per heavy atom. The van der Waals surface area contributed by atoms with Crippen molar-refractivity contribution in [1.82, 2.24) is 10.3 Å². The molecule has 0 amide bonds. The molecule has 2 aromatic carbocycles. The molecule has 0 aliphatic carbocycles. The second-order valence-electron chi connectivity index (χ2n) is 6.29. The lowest BCUT2D eigenvalue weighted by Crippen LogP contribution is -2.37. The first-order valence-corrected chi connectivity index (χ1v) is 8.64. The van der Waals surface area contributed by atoms with Crippen LogP contribution in [0.1, 0.15) is 23.6 Å². The smallest absolute Gasteiger partial charge is 0.189 e. The van der Waals surface area contributed by atoms with Gasteiger partial charge in [0.05, 0.1) is 12.6 Å². The van der Waals surface area contributed by atoms with Crippen molar-refractivity contribution >= 4 is 40.8 Å². The first-order valence-electron chi connectivity index (χ1n) is 8.64. The van der Waals surface area contributed by atoms with Gasteiger partial charge in [-0.3, -0.25) is 4.99 Å². The maximum absolute atomic E-state index is 6.09. The Morgan fingerprint density at radius 2 is 2.12 bits per heavy atom. The van der Waals surface area contributed by atoms with Gasteiger partial charge in [-0.25, -0.2) is 0 Å². The van der Waals surface area contributed by atoms with Gasteiger partial charge in [0.2, 0.25) is 0 Å². The van der Waals surface area contributed by atoms with Crippen LogP contribution in [0.5, 0.6) is 5.75 Å². The van der Waals surface area contributed by atoms with Crippen molar-refractivity contribution in [3.8, 4) is 5.75 Å². The number of benzene rings is 2. The van der Waals surface area contributed by atoms with Crippen molar-refractivity contribution < 1.29 is 4.74 Å². The number of aromatic nitrogens is 1. The number of hydrogen-bond acceptors (Lipinski definition) is 2. The van der Waals surface area contributed by atoms with Crippen LogP contribution in [-0.2, 0) is 6.42 Å². The van der Waals surface area contributed by atoms with E-state index in [0.29, 0.717) is 19.1 Å². The molecular formula is C20H23IN4O. The Hall–Kier alpha value is -2.22. The van der Waals surface area contributed by atoms with Gasteiger partial charge in [0.15, 0.2) is 5.96 Å². The lowest BCUT2D eigenvalue weighted by Gasteiger charge is -2.26. The number of guanidine groups is 1. The number of nitrogens with zero attached hydrogens (tertiary/aromatic N) is 1. The fourth-order valence-electron chi connectivity index (χ4n) is 3.28. The summed E-state index contributed by atoms with van der Waals surface area (Å²) in [6.07, 6.45) is 3.71. The third-order valence-corrected chi connectivity index (χ3v) is 4.58. The number of ether oxygens (including phenoxy) is 1. The highest BCUT2D eigenvalue weighted by atomic mass is 127. The standard InChI is InChI=1S/C20H22N4O.HI/c21-20(24-18-9-12-25-19-4-2-1-3-16(18)19)23-10-7-14-5-6-17-15(13-14)8-11-22-17;/h1-6,8,11,13,18,22H,7,9-10,12H2,(H3,21,23,24);1H. The zero-order chi connectivity index (χ0) is 17.1. The number of aliphatic imine (C=N–C) groups is 1. The molecule has 1 aliphatic rings. The van der Waals surface area contributed by atoms with E-state index < -0.39 is 0 Å². The molecule has 0 spiro atoms. The van der Waals surface area contributed by atoms with Crippen LogP contribution in [0.15, 0.2) is 59.7 Å². The van der Waals surface area contributed by atoms with Crippen LogP contribution in [0.4, 0.5) is 0 Å². The van der Waals surface area contributed by atoms with Crippen LogP contribution in [-0.4, -0.2) is 24.1 Å². The summed E-state index contributed by atoms with van der Waals surface area (Å²) in [5, 5.41) is 4.56. The molecule has 5 nitrogen and oxygen atoms in total. The quantitative estimate of drug-likeness (QED) is 0.314. The third kappa shape index (κ3) is 4.12. The molecule has 1 aliphatic heterocycles. The Morgan fingerprint density at radius 1 is 1.23 bits per heavy atom. The molecule has 4 rings (SSSR count). The zero-order valence-electron chi connectivity index (χ0n) is 14.4. The van der Waals surface area contributed by atoms with Crippen LogP contribution < -0.4 is 15.8 Å². The third-order valence-electron chi connectivity index (χ3n) is 4.58. The predicted octanol–water partition coefficient (Wildman–Crippen LogP) is 3.76. The number of H-pyrrole nitrogens is 1. The molecule has 3 aromatic rings. The number of rotatable bonds is 4. The van der Waals surface area contributed by atoms with Gasteiger partial charge >= 0.3 is 0 Å². The average Bonchev–Trinajstić information content (AvgIpc) is 3.10. The van der Waals surface area contributed by atoms with Gasteiger partial charge in [-0.05, 0) is 41.6 Å². The van der Waals surface area contributed by atoms with E-state index in [-0.39, 0.29) is 30.0 Å². The molecule has 0 bridgehead atoms. The number of nitrogens with one attached hydrogen (secondary N) is 2. The lowest BCUT2D eigenvalue weighted by atomic mass is 10.0. The SMILES string of the molecule is I.NC(=NCCc1ccc2[nH]ccc2c1)NC1CCOc2ccccc21. The number of para-hydroxylation sites is 1. The van der Waals surface area contributed by atoms with E-state index in [1.165, 1.54) is 10.9 Å². The molecule has 4 N–H and O–H groups in total. The fourth-order valence-corrected chi connectivity index (χ4v) is 3.28. The van der Waals surface area contributed by atoms with Crippen molar-refractivity contribution in [3.05, 3.63) is 65.9 Å². The Balaban J connectivity index is 0.00000196. The highest BCUT2D eigenvalue weighted by molar-refractivity contribution is 14.0. The number of fused-ring (bicyclic) bond motifs is 2. The van der Waals surface area contributed by atoms with E-state index in [9.17, 15) is 0 Å². The second kappa shape index (κ2) is 8.44. The molecule has 136 valence electrons. The Kier molecular flexibility index (Phi) is 6.03. The van der Waals surface area contributed by atoms with Crippen molar-refractivity contribution in [1.29, 1.82) is 0 Å². The van der Waals surface area contributed by atoms with E-state index in [2.05, 4.69) is 45.6 Å². The summed E-state index contributed by atoms with van der Waals surface area (Å²) in [6.45, 7) is 1.36. The first kappa shape index (κ1) is 18.6. The molecule has 0 radical (unpaired) electrons. The maximum atomic E-state index is 6.09. The minimum absolute atomic E-state index is 0. The van der Waals surface area contributed by atoms with E-state index in [1.807, 2.05) is 24.4 Å². The molecule has 0 saturated carbocycles. The Bertz CT molecular complexity index is 905. The van der Waals surface area contributed by atoms with Crippen LogP contribution in [0, 0.1) is 0 Å². The molecule has 2 heterocycles. The molecular weight excluding hydrogens is 439 g/mol. The molecule has 1 aromatic heterocycles. The second-order valence-corrected chi connectivity index (χ2v) is 6.29. The summed E-state index contributed by atoms with van der Waals surface area (Å²) in [5.74, 6) is 1.42. The number of aromatic amines is 1. The fraction of sp³-hybridized carbons (Fsp3) is 0.250. The highest BCUT2D eigenvalue weighted by Crippen LogP contribution is 2.31. The minimum atomic E-state index is 0. The molecule has 0 fully saturated rings. The normalized spacial score (nSPS) is 16.5. The first-order chi connectivity index (χ1) is 12.3. The molecule has 1 atom stereocenters. The lowest BCUT2D eigenvalue weighted by molar-refractivity contribution is 0.262. The van der Waals surface area contributed by atoms with E-state index in [0.717, 1.165) is 29.7 Å². The molecule has 26 heavy (non-hydrogen) atoms. The summed E-state index contributed by atoms with van der Waals surface area (Å²) in [5.41, 5.74) is 9.66. The van der Waals surface area contributed by atoms with Crippen molar-refractivity contribution in [2.24, 2.45) is 10.7 Å². The van der Waals surface area contributed by atoms with Crippen LogP contribution >= 0.6 is 24.0 Å². The molecule has 0 saturated heterocycles. The van der Waals surface area contributed by atoms with Crippen molar-refractivity contribution in [2.75, 3.05) is 13.2 Å². The van der Waals surface area contributed by atoms with Gasteiger partial charge < -0.3 is 20.8 Å². The topological polar surface area (TPSA) is 75.4 Å². The van der Waals surface area contributed by atoms with Crippen LogP contribution in [0.2, 0.25) is 0 Å². The minimum Gasteiger partial charge on any atom is -0.493 e. The van der Waals surface area contributed by atoms with Gasteiger partial charge in [-0.15, -0.1) is 24.0 Å². The number of hydrogen-bond donors (Lipinski definition) is 3. The van der Waals surface area contributed by atoms with Crippen LogP contribution in [0.3, 0.4) is 0 Å². The monoisotopic (exact) mass is 462 g/mol. The van der Waals surface area contributed by atoms with E-state index in [1.54, 1.807) is 0 Å². The van der Waals surface area contributed by atoms with Gasteiger partial charge in [0.25, 0.3) is 0 Å². The van der Waals surface area contributed by atoms with Crippen molar-refractivity contribution in [2.45, 2.75) is 18.9 Å². The van der Waals surface area contributed by atoms with E-state index >= 15 is 0 Å². The number of halogens is 1. The molecule has 1 unspecified atom stereocenters. The van der Waals surface area contributed by atoms with Crippen molar-refractivity contribution in [3.63, 3.8) is 0 Å². The maximum Gasteiger partial charge on any atom is 0.189 e. The highest BCUT2D eigenvalue weighted by Gasteiger charge is 2.21. The summed E-state index contributed by atoms with van der Waals surface area (Å²) in [6, 6.07) is 16.7. The summed E-state index contributed by atoms with van der Waals surface area (Å²) < 4.78 is 5.68. The Labute approximate surface area is 170 Å². The number of nitrogens with two attached hydrogens (primary N) is 1. The average molecular weight is 462 g/mol. The van der Waals surface area contributed by atoms with Gasteiger partial charge in [-0.1, -0.05) is 24.3 Å². The summed E-state index contributed by atoms with van der Waals surface area (Å²) in [7, 11) is 0. The van der Waals surface area contributed by atoms with Gasteiger partial charge in [-0.2, -0.15) is 0 Å². The summed E-state index contributed by atoms with van der Waals surface area (Å²) >= 11 is 0. The van der Waals surface area contributed by atoms with Crippen LogP contribution in [0.25, 0.3) is 10.9 Å². The predicted molar refractivity (Wildman–Crippen MR) is 116 cm³/mol. The van der Waals surface area contributed by atoms with E-state index in [4.69, 9.17) is 10.5 Å². The van der Waals surface area contributed by atoms with Gasteiger partial charge in [0, 0.05) is 30.2 Å². The largest absolute Gasteiger partial charge is 0.493 e. The van der Waals surface area contributed by atoms with Gasteiger partial charge in [0.1, 0.15) is 5.75 Å². The summed E-state index contributed by atoms with van der Waals surface area (Å²) in [4.78, 5) is 7.70. The molecule has 6 heteroatoms. The zero-order valence-corrected chi connectivity index (χ0v) is 16.8.